The smallest absolute Gasteiger partial charge is 0.229 e. The van der Waals surface area contributed by atoms with E-state index in [1.54, 1.807) is 7.11 Å². The summed E-state index contributed by atoms with van der Waals surface area (Å²) in [6, 6.07) is 9.80. The summed E-state index contributed by atoms with van der Waals surface area (Å²) in [6.45, 7) is 6.11. The molecule has 3 rings (SSSR count). The molecule has 1 N–H and O–H groups in total. The molecule has 0 radical (unpaired) electrons. The first-order valence-corrected chi connectivity index (χ1v) is 7.84. The highest BCUT2D eigenvalue weighted by Gasteiger charge is 2.16. The molecular formula is C17H23N5O. The molecular weight excluding hydrogens is 290 g/mol. The first-order chi connectivity index (χ1) is 11.1. The fraction of sp³-hybridized carbons (Fsp3) is 0.412. The average Bonchev–Trinajstić information content (AvgIpc) is 2.56. The minimum atomic E-state index is 0.629. The number of benzene rings is 1. The van der Waals surface area contributed by atoms with Crippen LogP contribution in [-0.2, 0) is 0 Å². The number of anilines is 3. The van der Waals surface area contributed by atoms with Gasteiger partial charge < -0.3 is 19.9 Å². The zero-order valence-corrected chi connectivity index (χ0v) is 13.9. The van der Waals surface area contributed by atoms with Crippen LogP contribution in [0.25, 0.3) is 0 Å². The van der Waals surface area contributed by atoms with E-state index in [1.807, 2.05) is 37.3 Å². The lowest BCUT2D eigenvalue weighted by Crippen LogP contribution is -2.44. The maximum absolute atomic E-state index is 5.18. The Morgan fingerprint density at radius 1 is 1.04 bits per heavy atom. The van der Waals surface area contributed by atoms with E-state index < -0.39 is 0 Å². The van der Waals surface area contributed by atoms with Crippen molar-refractivity contribution >= 4 is 17.5 Å². The topological polar surface area (TPSA) is 53.5 Å². The summed E-state index contributed by atoms with van der Waals surface area (Å²) in [4.78, 5) is 13.8. The third-order valence-corrected chi connectivity index (χ3v) is 4.01. The number of aromatic nitrogens is 2. The first-order valence-electron chi connectivity index (χ1n) is 7.84. The number of hydrogen-bond acceptors (Lipinski definition) is 6. The van der Waals surface area contributed by atoms with Crippen LogP contribution in [0.2, 0.25) is 0 Å². The predicted molar refractivity (Wildman–Crippen MR) is 92.8 cm³/mol. The molecule has 1 aliphatic heterocycles. The Kier molecular flexibility index (Phi) is 4.62. The van der Waals surface area contributed by atoms with Crippen LogP contribution in [0.4, 0.5) is 17.5 Å². The van der Waals surface area contributed by atoms with Gasteiger partial charge in [0.15, 0.2) is 0 Å². The Morgan fingerprint density at radius 3 is 2.39 bits per heavy atom. The van der Waals surface area contributed by atoms with Crippen molar-refractivity contribution in [1.82, 2.24) is 14.9 Å². The third kappa shape index (κ3) is 3.90. The molecule has 0 unspecified atom stereocenters. The van der Waals surface area contributed by atoms with E-state index in [2.05, 4.69) is 32.1 Å². The highest BCUT2D eigenvalue weighted by Crippen LogP contribution is 2.21. The molecule has 0 saturated carbocycles. The molecule has 1 aromatic heterocycles. The zero-order chi connectivity index (χ0) is 16.2. The molecule has 6 nitrogen and oxygen atoms in total. The largest absolute Gasteiger partial charge is 0.497 e. The molecule has 1 fully saturated rings. The van der Waals surface area contributed by atoms with Crippen LogP contribution < -0.4 is 15.0 Å². The molecule has 2 aromatic rings. The Morgan fingerprint density at radius 2 is 1.74 bits per heavy atom. The lowest BCUT2D eigenvalue weighted by Gasteiger charge is -2.33. The number of likely N-dealkylation sites (N-methyl/N-ethyl adjacent to an activating group) is 1. The molecule has 122 valence electrons. The molecule has 6 heteroatoms. The van der Waals surface area contributed by atoms with Gasteiger partial charge in [0, 0.05) is 43.6 Å². The van der Waals surface area contributed by atoms with Gasteiger partial charge >= 0.3 is 0 Å². The molecule has 0 amide bonds. The van der Waals surface area contributed by atoms with Crippen LogP contribution in [0.1, 0.15) is 5.69 Å². The van der Waals surface area contributed by atoms with Crippen molar-refractivity contribution in [3.05, 3.63) is 36.0 Å². The van der Waals surface area contributed by atoms with E-state index in [1.165, 1.54) is 0 Å². The number of ether oxygens (including phenoxy) is 1. The Balaban J connectivity index is 1.76. The molecule has 2 heterocycles. The SMILES string of the molecule is COc1ccc(Nc2nc(C)cc(N3CCN(C)CC3)n2)cc1. The van der Waals surface area contributed by atoms with Gasteiger partial charge in [-0.15, -0.1) is 0 Å². The molecule has 0 bridgehead atoms. The molecule has 1 saturated heterocycles. The Hall–Kier alpha value is -2.34. The van der Waals surface area contributed by atoms with E-state index in [-0.39, 0.29) is 0 Å². The minimum absolute atomic E-state index is 0.629. The van der Waals surface area contributed by atoms with Crippen LogP contribution >= 0.6 is 0 Å². The highest BCUT2D eigenvalue weighted by molar-refractivity contribution is 5.56. The average molecular weight is 313 g/mol. The van der Waals surface area contributed by atoms with Crippen molar-refractivity contribution in [2.45, 2.75) is 6.92 Å². The van der Waals surface area contributed by atoms with Gasteiger partial charge in [0.2, 0.25) is 5.95 Å². The van der Waals surface area contributed by atoms with Gasteiger partial charge in [0.05, 0.1) is 7.11 Å². The van der Waals surface area contributed by atoms with Gasteiger partial charge in [0.25, 0.3) is 0 Å². The van der Waals surface area contributed by atoms with E-state index in [9.17, 15) is 0 Å². The normalized spacial score (nSPS) is 15.5. The second-order valence-corrected chi connectivity index (χ2v) is 5.83. The van der Waals surface area contributed by atoms with E-state index >= 15 is 0 Å². The summed E-state index contributed by atoms with van der Waals surface area (Å²) >= 11 is 0. The summed E-state index contributed by atoms with van der Waals surface area (Å²) in [5.74, 6) is 2.45. The lowest BCUT2D eigenvalue weighted by molar-refractivity contribution is 0.312. The molecule has 0 aliphatic carbocycles. The number of nitrogens with one attached hydrogen (secondary N) is 1. The van der Waals surface area contributed by atoms with Crippen molar-refractivity contribution in [1.29, 1.82) is 0 Å². The number of rotatable bonds is 4. The van der Waals surface area contributed by atoms with Gasteiger partial charge in [-0.2, -0.15) is 4.98 Å². The quantitative estimate of drug-likeness (QED) is 0.935. The maximum Gasteiger partial charge on any atom is 0.229 e. The zero-order valence-electron chi connectivity index (χ0n) is 13.9. The highest BCUT2D eigenvalue weighted by atomic mass is 16.5. The molecule has 23 heavy (non-hydrogen) atoms. The summed E-state index contributed by atoms with van der Waals surface area (Å²) in [5.41, 5.74) is 1.91. The third-order valence-electron chi connectivity index (χ3n) is 4.01. The van der Waals surface area contributed by atoms with Crippen molar-refractivity contribution in [3.8, 4) is 5.75 Å². The first kappa shape index (κ1) is 15.6. The summed E-state index contributed by atoms with van der Waals surface area (Å²) in [5, 5.41) is 3.27. The number of aryl methyl sites for hydroxylation is 1. The van der Waals surface area contributed by atoms with Crippen LogP contribution in [0.5, 0.6) is 5.75 Å². The van der Waals surface area contributed by atoms with Gasteiger partial charge in [0.1, 0.15) is 11.6 Å². The molecule has 1 aliphatic rings. The minimum Gasteiger partial charge on any atom is -0.497 e. The van der Waals surface area contributed by atoms with Gasteiger partial charge in [-0.3, -0.25) is 0 Å². The predicted octanol–water partition coefficient (Wildman–Crippen LogP) is 2.29. The van der Waals surface area contributed by atoms with Gasteiger partial charge in [-0.1, -0.05) is 0 Å². The van der Waals surface area contributed by atoms with E-state index in [0.29, 0.717) is 5.95 Å². The monoisotopic (exact) mass is 313 g/mol. The molecule has 1 aromatic carbocycles. The van der Waals surface area contributed by atoms with E-state index in [4.69, 9.17) is 4.74 Å². The number of piperazine rings is 1. The Labute approximate surface area is 137 Å². The van der Waals surface area contributed by atoms with Crippen molar-refractivity contribution in [3.63, 3.8) is 0 Å². The Bertz CT molecular complexity index is 651. The van der Waals surface area contributed by atoms with Gasteiger partial charge in [-0.05, 0) is 38.2 Å². The van der Waals surface area contributed by atoms with Crippen LogP contribution in [-0.4, -0.2) is 55.2 Å². The fourth-order valence-electron chi connectivity index (χ4n) is 2.61. The number of nitrogens with zero attached hydrogens (tertiary/aromatic N) is 4. The fourth-order valence-corrected chi connectivity index (χ4v) is 2.61. The number of methoxy groups -OCH3 is 1. The molecule has 0 atom stereocenters. The van der Waals surface area contributed by atoms with Crippen molar-refractivity contribution in [2.75, 3.05) is 50.6 Å². The van der Waals surface area contributed by atoms with Crippen LogP contribution in [0.3, 0.4) is 0 Å². The molecule has 0 spiro atoms. The van der Waals surface area contributed by atoms with Crippen LogP contribution in [0, 0.1) is 6.92 Å². The summed E-state index contributed by atoms with van der Waals surface area (Å²) in [7, 11) is 3.81. The van der Waals surface area contributed by atoms with E-state index in [0.717, 1.165) is 49.1 Å². The second kappa shape index (κ2) is 6.83. The second-order valence-electron chi connectivity index (χ2n) is 5.83. The maximum atomic E-state index is 5.18. The standard InChI is InChI=1S/C17H23N5O/c1-13-12-16(22-10-8-21(2)9-11-22)20-17(18-13)19-14-4-6-15(23-3)7-5-14/h4-7,12H,8-11H2,1-3H3,(H,18,19,20). The summed E-state index contributed by atoms with van der Waals surface area (Å²) in [6.07, 6.45) is 0. The number of hydrogen-bond donors (Lipinski definition) is 1. The lowest BCUT2D eigenvalue weighted by atomic mass is 10.3. The van der Waals surface area contributed by atoms with Crippen LogP contribution in [0.15, 0.2) is 30.3 Å². The van der Waals surface area contributed by atoms with Crippen molar-refractivity contribution < 1.29 is 4.74 Å². The summed E-state index contributed by atoms with van der Waals surface area (Å²) < 4.78 is 5.18. The van der Waals surface area contributed by atoms with Gasteiger partial charge in [-0.25, -0.2) is 4.98 Å². The van der Waals surface area contributed by atoms with Crippen molar-refractivity contribution in [2.24, 2.45) is 0 Å².